The smallest absolute Gasteiger partial charge is 0.236 e. The van der Waals surface area contributed by atoms with Gasteiger partial charge in [0.2, 0.25) is 6.41 Å². The molecule has 12 heavy (non-hydrogen) atoms. The van der Waals surface area contributed by atoms with E-state index in [0.29, 0.717) is 6.41 Å². The third-order valence-electron chi connectivity index (χ3n) is 1.48. The van der Waals surface area contributed by atoms with Gasteiger partial charge < -0.3 is 0 Å². The fourth-order valence-electron chi connectivity index (χ4n) is 0.965. The maximum Gasteiger partial charge on any atom is 0.236 e. The largest absolute Gasteiger partial charge is 0.276 e. The van der Waals surface area contributed by atoms with Gasteiger partial charge in [-0.3, -0.25) is 4.79 Å². The van der Waals surface area contributed by atoms with Crippen molar-refractivity contribution < 1.29 is 4.79 Å². The summed E-state index contributed by atoms with van der Waals surface area (Å²) in [6.07, 6.45) is 0.634. The molecular formula is C8H9N3O. The van der Waals surface area contributed by atoms with Crippen molar-refractivity contribution in [2.75, 3.05) is 0 Å². The molecule has 0 amide bonds. The van der Waals surface area contributed by atoms with E-state index in [2.05, 4.69) is 10.3 Å². The van der Waals surface area contributed by atoms with Crippen LogP contribution in [0.25, 0.3) is 11.0 Å². The molecule has 0 fully saturated rings. The van der Waals surface area contributed by atoms with E-state index in [1.807, 2.05) is 18.2 Å². The Kier molecular flexibility index (Phi) is 2.19. The zero-order chi connectivity index (χ0) is 7.68. The molecule has 0 radical (unpaired) electrons. The van der Waals surface area contributed by atoms with Crippen LogP contribution >= 0.6 is 0 Å². The Morgan fingerprint density at radius 1 is 1.33 bits per heavy atom. The molecule has 0 spiro atoms. The van der Waals surface area contributed by atoms with Gasteiger partial charge >= 0.3 is 0 Å². The number of nitrogens with zero attached hydrogens (tertiary/aromatic N) is 3. The van der Waals surface area contributed by atoms with Crippen molar-refractivity contribution in [3.8, 4) is 0 Å². The van der Waals surface area contributed by atoms with Gasteiger partial charge in [0.1, 0.15) is 5.52 Å². The van der Waals surface area contributed by atoms with Crippen LogP contribution in [0.2, 0.25) is 0 Å². The number of benzene rings is 1. The van der Waals surface area contributed by atoms with E-state index < -0.39 is 0 Å². The highest BCUT2D eigenvalue weighted by Crippen LogP contribution is 2.06. The molecule has 0 aliphatic rings. The van der Waals surface area contributed by atoms with E-state index in [9.17, 15) is 4.79 Å². The first-order valence-corrected chi connectivity index (χ1v) is 3.17. The Morgan fingerprint density at radius 2 is 2.08 bits per heavy atom. The lowest BCUT2D eigenvalue weighted by molar-refractivity contribution is 0.540. The zero-order valence-corrected chi connectivity index (χ0v) is 5.64. The highest BCUT2D eigenvalue weighted by Gasteiger charge is 1.99. The summed E-state index contributed by atoms with van der Waals surface area (Å²) in [6.45, 7) is 0. The number of para-hydroxylation sites is 1. The number of hydrogen-bond acceptors (Lipinski definition) is 3. The molecule has 1 aromatic heterocycles. The van der Waals surface area contributed by atoms with Crippen LogP contribution in [0.1, 0.15) is 7.43 Å². The number of aromatic nitrogens is 3. The first kappa shape index (κ1) is 8.39. The molecule has 0 bridgehead atoms. The SMILES string of the molecule is C.O=Cn1nnc2ccccc21. The normalized spacial score (nSPS) is 9.33. The summed E-state index contributed by atoms with van der Waals surface area (Å²) < 4.78 is 1.20. The minimum atomic E-state index is 0. The summed E-state index contributed by atoms with van der Waals surface area (Å²) in [4.78, 5) is 10.3. The van der Waals surface area contributed by atoms with Crippen molar-refractivity contribution in [2.24, 2.45) is 0 Å². The van der Waals surface area contributed by atoms with Crippen molar-refractivity contribution in [1.29, 1.82) is 0 Å². The van der Waals surface area contributed by atoms with E-state index in [1.54, 1.807) is 6.07 Å². The van der Waals surface area contributed by atoms with Crippen molar-refractivity contribution in [2.45, 2.75) is 7.43 Å². The number of fused-ring (bicyclic) bond motifs is 1. The Labute approximate surface area is 69.8 Å². The number of carbonyl (C=O) groups excluding carboxylic acids is 1. The summed E-state index contributed by atoms with van der Waals surface area (Å²) in [5.41, 5.74) is 1.47. The molecule has 0 aliphatic heterocycles. The molecule has 0 atom stereocenters. The highest BCUT2D eigenvalue weighted by molar-refractivity contribution is 5.79. The Bertz CT molecular complexity index is 394. The Balaban J connectivity index is 0.000000720. The number of hydrogen-bond donors (Lipinski definition) is 0. The number of carbonyl (C=O) groups is 1. The fourth-order valence-corrected chi connectivity index (χ4v) is 0.965. The van der Waals surface area contributed by atoms with Crippen LogP contribution in [-0.2, 0) is 4.79 Å². The topological polar surface area (TPSA) is 47.8 Å². The lowest BCUT2D eigenvalue weighted by atomic mass is 10.3. The molecule has 0 saturated carbocycles. The van der Waals surface area contributed by atoms with Gasteiger partial charge in [0.05, 0.1) is 5.52 Å². The van der Waals surface area contributed by atoms with E-state index >= 15 is 0 Å². The van der Waals surface area contributed by atoms with Gasteiger partial charge in [-0.05, 0) is 12.1 Å². The Morgan fingerprint density at radius 3 is 2.83 bits per heavy atom. The van der Waals surface area contributed by atoms with Crippen LogP contribution in [0, 0.1) is 0 Å². The highest BCUT2D eigenvalue weighted by atomic mass is 16.1. The number of rotatable bonds is 1. The van der Waals surface area contributed by atoms with Gasteiger partial charge in [-0.15, -0.1) is 5.10 Å². The molecule has 2 aromatic rings. The van der Waals surface area contributed by atoms with Crippen LogP contribution < -0.4 is 0 Å². The second-order valence-corrected chi connectivity index (χ2v) is 2.13. The molecule has 62 valence electrons. The molecule has 0 unspecified atom stereocenters. The standard InChI is InChI=1S/C7H5N3O.CH4/c11-5-10-7-4-2-1-3-6(7)8-9-10;/h1-5H;1H4. The molecule has 0 N–H and O–H groups in total. The van der Waals surface area contributed by atoms with E-state index in [1.165, 1.54) is 4.68 Å². The first-order valence-electron chi connectivity index (χ1n) is 3.17. The second kappa shape index (κ2) is 3.13. The second-order valence-electron chi connectivity index (χ2n) is 2.13. The molecular weight excluding hydrogens is 154 g/mol. The van der Waals surface area contributed by atoms with Gasteiger partial charge in [0.15, 0.2) is 0 Å². The van der Waals surface area contributed by atoms with Crippen LogP contribution in [0.15, 0.2) is 24.3 Å². The maximum absolute atomic E-state index is 10.3. The third kappa shape index (κ3) is 1.07. The van der Waals surface area contributed by atoms with Crippen molar-refractivity contribution in [1.82, 2.24) is 15.0 Å². The average molecular weight is 163 g/mol. The van der Waals surface area contributed by atoms with E-state index in [4.69, 9.17) is 0 Å². The molecule has 1 aromatic carbocycles. The summed E-state index contributed by atoms with van der Waals surface area (Å²) >= 11 is 0. The summed E-state index contributed by atoms with van der Waals surface area (Å²) in [5, 5.41) is 7.38. The monoisotopic (exact) mass is 163 g/mol. The first-order chi connectivity index (χ1) is 5.42. The van der Waals surface area contributed by atoms with Crippen LogP contribution in [0.3, 0.4) is 0 Å². The van der Waals surface area contributed by atoms with Crippen molar-refractivity contribution in [3.63, 3.8) is 0 Å². The molecule has 0 saturated heterocycles. The van der Waals surface area contributed by atoms with Gasteiger partial charge in [-0.1, -0.05) is 24.8 Å². The van der Waals surface area contributed by atoms with Crippen molar-refractivity contribution in [3.05, 3.63) is 24.3 Å². The van der Waals surface area contributed by atoms with Crippen LogP contribution in [0.4, 0.5) is 0 Å². The van der Waals surface area contributed by atoms with Gasteiger partial charge in [-0.25, -0.2) is 0 Å². The lowest BCUT2D eigenvalue weighted by Crippen LogP contribution is -1.95. The predicted octanol–water partition coefficient (Wildman–Crippen LogP) is 1.11. The third-order valence-corrected chi connectivity index (χ3v) is 1.48. The summed E-state index contributed by atoms with van der Waals surface area (Å²) in [5.74, 6) is 0. The van der Waals surface area contributed by atoms with Gasteiger partial charge in [-0.2, -0.15) is 4.68 Å². The fraction of sp³-hybridized carbons (Fsp3) is 0.125. The Hall–Kier alpha value is -1.71. The molecule has 0 aliphatic carbocycles. The summed E-state index contributed by atoms with van der Waals surface area (Å²) in [6, 6.07) is 7.30. The minimum Gasteiger partial charge on any atom is -0.276 e. The van der Waals surface area contributed by atoms with E-state index in [0.717, 1.165) is 11.0 Å². The lowest BCUT2D eigenvalue weighted by Gasteiger charge is -1.86. The molecule has 1 heterocycles. The predicted molar refractivity (Wildman–Crippen MR) is 46.4 cm³/mol. The van der Waals surface area contributed by atoms with Crippen molar-refractivity contribution >= 4 is 17.4 Å². The van der Waals surface area contributed by atoms with Gasteiger partial charge in [0, 0.05) is 0 Å². The average Bonchev–Trinajstić information content (AvgIpc) is 2.47. The molecule has 2 rings (SSSR count). The zero-order valence-electron chi connectivity index (χ0n) is 5.64. The minimum absolute atomic E-state index is 0. The maximum atomic E-state index is 10.3. The van der Waals surface area contributed by atoms with Crippen LogP contribution in [-0.4, -0.2) is 21.4 Å². The van der Waals surface area contributed by atoms with Gasteiger partial charge in [0.25, 0.3) is 0 Å². The molecule has 4 heteroatoms. The van der Waals surface area contributed by atoms with Crippen LogP contribution in [0.5, 0.6) is 0 Å². The quantitative estimate of drug-likeness (QED) is 0.591. The summed E-state index contributed by atoms with van der Waals surface area (Å²) in [7, 11) is 0. The van der Waals surface area contributed by atoms with E-state index in [-0.39, 0.29) is 7.43 Å². The molecule has 4 nitrogen and oxygen atoms in total.